The van der Waals surface area contributed by atoms with E-state index in [-0.39, 0.29) is 5.82 Å². The Morgan fingerprint density at radius 2 is 1.80 bits per heavy atom. The first-order valence-corrected chi connectivity index (χ1v) is 5.64. The summed E-state index contributed by atoms with van der Waals surface area (Å²) < 4.78 is 18.6. The molecule has 0 spiro atoms. The zero-order valence-corrected chi connectivity index (χ0v) is 9.72. The highest BCUT2D eigenvalue weighted by Crippen LogP contribution is 2.27. The van der Waals surface area contributed by atoms with Crippen molar-refractivity contribution in [1.82, 2.24) is 0 Å². The molecule has 1 nitrogen and oxygen atoms in total. The van der Waals surface area contributed by atoms with Crippen molar-refractivity contribution in [3.05, 3.63) is 29.6 Å². The van der Waals surface area contributed by atoms with E-state index in [1.807, 2.05) is 13.0 Å². The van der Waals surface area contributed by atoms with Crippen LogP contribution in [-0.2, 0) is 0 Å². The van der Waals surface area contributed by atoms with E-state index in [0.29, 0.717) is 18.3 Å². The molecule has 0 N–H and O–H groups in total. The highest BCUT2D eigenvalue weighted by molar-refractivity contribution is 5.31. The normalized spacial score (nSPS) is 10.7. The lowest BCUT2D eigenvalue weighted by molar-refractivity contribution is 0.337. The lowest BCUT2D eigenvalue weighted by atomic mass is 9.94. The van der Waals surface area contributed by atoms with Gasteiger partial charge in [0.2, 0.25) is 0 Å². The van der Waals surface area contributed by atoms with Crippen LogP contribution in [0, 0.1) is 5.82 Å². The molecule has 0 aliphatic rings. The summed E-state index contributed by atoms with van der Waals surface area (Å²) in [7, 11) is 0. The van der Waals surface area contributed by atoms with Gasteiger partial charge in [0.1, 0.15) is 11.6 Å². The molecule has 84 valence electrons. The molecule has 1 aromatic carbocycles. The Morgan fingerprint density at radius 3 is 2.33 bits per heavy atom. The van der Waals surface area contributed by atoms with Crippen LogP contribution in [0.25, 0.3) is 0 Å². The minimum absolute atomic E-state index is 0.206. The first kappa shape index (κ1) is 12.0. The third kappa shape index (κ3) is 3.22. The molecule has 0 radical (unpaired) electrons. The molecule has 0 atom stereocenters. The van der Waals surface area contributed by atoms with Crippen LogP contribution in [0.4, 0.5) is 4.39 Å². The van der Waals surface area contributed by atoms with Crippen molar-refractivity contribution >= 4 is 0 Å². The molecule has 0 unspecified atom stereocenters. The van der Waals surface area contributed by atoms with Crippen LogP contribution in [0.5, 0.6) is 5.75 Å². The zero-order chi connectivity index (χ0) is 11.3. The van der Waals surface area contributed by atoms with Crippen molar-refractivity contribution in [1.29, 1.82) is 0 Å². The lowest BCUT2D eigenvalue weighted by Crippen LogP contribution is -1.99. The van der Waals surface area contributed by atoms with E-state index >= 15 is 0 Å². The summed E-state index contributed by atoms with van der Waals surface area (Å²) in [6, 6.07) is 5.00. The first-order valence-electron chi connectivity index (χ1n) is 5.64. The summed E-state index contributed by atoms with van der Waals surface area (Å²) in [5.41, 5.74) is 1.04. The molecule has 1 rings (SSSR count). The van der Waals surface area contributed by atoms with Gasteiger partial charge in [-0.3, -0.25) is 0 Å². The zero-order valence-electron chi connectivity index (χ0n) is 9.72. The fourth-order valence-corrected chi connectivity index (χ4v) is 1.83. The summed E-state index contributed by atoms with van der Waals surface area (Å²) in [5, 5.41) is 0. The number of benzene rings is 1. The Morgan fingerprint density at radius 1 is 1.13 bits per heavy atom. The van der Waals surface area contributed by atoms with Crippen LogP contribution in [0.1, 0.15) is 45.1 Å². The van der Waals surface area contributed by atoms with Gasteiger partial charge < -0.3 is 4.74 Å². The van der Waals surface area contributed by atoms with Gasteiger partial charge in [-0.05, 0) is 43.4 Å². The van der Waals surface area contributed by atoms with Crippen molar-refractivity contribution in [2.24, 2.45) is 0 Å². The second-order valence-corrected chi connectivity index (χ2v) is 3.67. The Labute approximate surface area is 91.3 Å². The number of ether oxygens (including phenoxy) is 1. The van der Waals surface area contributed by atoms with Crippen LogP contribution in [-0.4, -0.2) is 6.61 Å². The van der Waals surface area contributed by atoms with Crippen LogP contribution >= 0.6 is 0 Å². The maximum Gasteiger partial charge on any atom is 0.127 e. The molecule has 0 aromatic heterocycles. The molecule has 15 heavy (non-hydrogen) atoms. The Bertz CT molecular complexity index is 305. The summed E-state index contributed by atoms with van der Waals surface area (Å²) in [6.45, 7) is 6.73. The van der Waals surface area contributed by atoms with Crippen LogP contribution in [0.3, 0.4) is 0 Å². The van der Waals surface area contributed by atoms with E-state index in [4.69, 9.17) is 4.74 Å². The van der Waals surface area contributed by atoms with Crippen LogP contribution in [0.2, 0.25) is 0 Å². The van der Waals surface area contributed by atoms with E-state index in [9.17, 15) is 4.39 Å². The molecule has 0 aliphatic carbocycles. The molecular formula is C13H19FO. The molecule has 0 aliphatic heterocycles. The SMILES string of the molecule is CCOc1cc(F)cc(C(CC)CC)c1. The van der Waals surface area contributed by atoms with Gasteiger partial charge >= 0.3 is 0 Å². The molecule has 0 bridgehead atoms. The monoisotopic (exact) mass is 210 g/mol. The molecule has 0 amide bonds. The van der Waals surface area contributed by atoms with Gasteiger partial charge in [0.15, 0.2) is 0 Å². The highest BCUT2D eigenvalue weighted by Gasteiger charge is 2.09. The average molecular weight is 210 g/mol. The number of hydrogen-bond acceptors (Lipinski definition) is 1. The molecule has 0 heterocycles. The second kappa shape index (κ2) is 5.74. The average Bonchev–Trinajstić information content (AvgIpc) is 2.19. The van der Waals surface area contributed by atoms with Gasteiger partial charge in [-0.15, -0.1) is 0 Å². The van der Waals surface area contributed by atoms with Crippen molar-refractivity contribution in [2.45, 2.75) is 39.5 Å². The highest BCUT2D eigenvalue weighted by atomic mass is 19.1. The molecule has 0 saturated carbocycles. The van der Waals surface area contributed by atoms with E-state index in [0.717, 1.165) is 18.4 Å². The van der Waals surface area contributed by atoms with Crippen LogP contribution < -0.4 is 4.74 Å². The largest absolute Gasteiger partial charge is 0.494 e. The van der Waals surface area contributed by atoms with Gasteiger partial charge in [0.05, 0.1) is 6.61 Å². The van der Waals surface area contributed by atoms with Crippen molar-refractivity contribution in [3.63, 3.8) is 0 Å². The molecular weight excluding hydrogens is 191 g/mol. The summed E-state index contributed by atoms with van der Waals surface area (Å²) in [5.74, 6) is 0.863. The van der Waals surface area contributed by atoms with Crippen molar-refractivity contribution in [3.8, 4) is 5.75 Å². The number of rotatable bonds is 5. The third-order valence-electron chi connectivity index (χ3n) is 2.66. The lowest BCUT2D eigenvalue weighted by Gasteiger charge is -2.14. The van der Waals surface area contributed by atoms with Gasteiger partial charge in [-0.2, -0.15) is 0 Å². The number of hydrogen-bond donors (Lipinski definition) is 0. The molecule has 1 aromatic rings. The third-order valence-corrected chi connectivity index (χ3v) is 2.66. The fourth-order valence-electron chi connectivity index (χ4n) is 1.83. The quantitative estimate of drug-likeness (QED) is 0.710. The predicted octanol–water partition coefficient (Wildman–Crippen LogP) is 4.13. The minimum Gasteiger partial charge on any atom is -0.494 e. The maximum absolute atomic E-state index is 13.3. The second-order valence-electron chi connectivity index (χ2n) is 3.67. The van der Waals surface area contributed by atoms with Crippen molar-refractivity contribution in [2.75, 3.05) is 6.61 Å². The van der Waals surface area contributed by atoms with Crippen LogP contribution in [0.15, 0.2) is 18.2 Å². The number of halogens is 1. The predicted molar refractivity (Wildman–Crippen MR) is 60.9 cm³/mol. The Balaban J connectivity index is 2.96. The first-order chi connectivity index (χ1) is 7.21. The van der Waals surface area contributed by atoms with E-state index in [1.165, 1.54) is 6.07 Å². The van der Waals surface area contributed by atoms with Gasteiger partial charge in [-0.1, -0.05) is 13.8 Å². The van der Waals surface area contributed by atoms with E-state index in [2.05, 4.69) is 13.8 Å². The topological polar surface area (TPSA) is 9.23 Å². The summed E-state index contributed by atoms with van der Waals surface area (Å²) in [4.78, 5) is 0. The smallest absolute Gasteiger partial charge is 0.127 e. The molecule has 2 heteroatoms. The summed E-state index contributed by atoms with van der Waals surface area (Å²) in [6.07, 6.45) is 2.07. The van der Waals surface area contributed by atoms with Gasteiger partial charge in [0.25, 0.3) is 0 Å². The van der Waals surface area contributed by atoms with E-state index < -0.39 is 0 Å². The Kier molecular flexibility index (Phi) is 4.60. The molecule has 0 saturated heterocycles. The minimum atomic E-state index is -0.206. The molecule has 0 fully saturated rings. The van der Waals surface area contributed by atoms with Gasteiger partial charge in [-0.25, -0.2) is 4.39 Å². The standard InChI is InChI=1S/C13H19FO/c1-4-10(5-2)11-7-12(14)9-13(8-11)15-6-3/h7-10H,4-6H2,1-3H3. The van der Waals surface area contributed by atoms with Gasteiger partial charge in [0, 0.05) is 6.07 Å². The van der Waals surface area contributed by atoms with Crippen molar-refractivity contribution < 1.29 is 9.13 Å². The summed E-state index contributed by atoms with van der Waals surface area (Å²) >= 11 is 0. The fraction of sp³-hybridized carbons (Fsp3) is 0.538. The van der Waals surface area contributed by atoms with E-state index in [1.54, 1.807) is 6.07 Å². The maximum atomic E-state index is 13.3. The Hall–Kier alpha value is -1.05.